The van der Waals surface area contributed by atoms with Gasteiger partial charge in [0.1, 0.15) is 41.5 Å². The maximum atomic E-state index is 12.6. The lowest BCUT2D eigenvalue weighted by molar-refractivity contribution is 0.0668. The van der Waals surface area contributed by atoms with Gasteiger partial charge in [-0.25, -0.2) is 0 Å². The summed E-state index contributed by atoms with van der Waals surface area (Å²) in [5, 5.41) is 20.4. The Morgan fingerprint density at radius 3 is 2.39 bits per heavy atom. The summed E-state index contributed by atoms with van der Waals surface area (Å²) >= 11 is 0. The van der Waals surface area contributed by atoms with E-state index in [4.69, 9.17) is 14.2 Å². The fourth-order valence-electron chi connectivity index (χ4n) is 5.26. The highest BCUT2D eigenvalue weighted by atomic mass is 19.1. The zero-order valence-corrected chi connectivity index (χ0v) is 19.8. The first-order valence-corrected chi connectivity index (χ1v) is 12.3. The Morgan fingerprint density at radius 1 is 0.917 bits per heavy atom. The van der Waals surface area contributed by atoms with Crippen LogP contribution in [0.1, 0.15) is 29.2 Å². The Labute approximate surface area is 209 Å². The summed E-state index contributed by atoms with van der Waals surface area (Å²) in [6.07, 6.45) is 0.217. The van der Waals surface area contributed by atoms with Gasteiger partial charge in [0.15, 0.2) is 0 Å². The molecule has 0 aromatic heterocycles. The normalized spacial score (nSPS) is 19.2. The smallest absolute Gasteiger partial charge is 0.150 e. The summed E-state index contributed by atoms with van der Waals surface area (Å²) in [5.41, 5.74) is 4.51. The number of rotatable bonds is 6. The van der Waals surface area contributed by atoms with Crippen molar-refractivity contribution in [1.29, 1.82) is 0 Å². The monoisotopic (exact) mass is 489 g/mol. The van der Waals surface area contributed by atoms with Gasteiger partial charge in [0.05, 0.1) is 13.3 Å². The molecular formula is C29H28FNO5. The summed E-state index contributed by atoms with van der Waals surface area (Å²) in [6.45, 7) is 3.17. The average molecular weight is 490 g/mol. The van der Waals surface area contributed by atoms with E-state index in [1.54, 1.807) is 36.4 Å². The number of ether oxygens (including phenoxy) is 3. The van der Waals surface area contributed by atoms with Crippen molar-refractivity contribution in [2.24, 2.45) is 5.92 Å². The highest BCUT2D eigenvalue weighted by Crippen LogP contribution is 2.52. The largest absolute Gasteiger partial charge is 0.508 e. The van der Waals surface area contributed by atoms with Crippen LogP contribution in [0.2, 0.25) is 0 Å². The molecule has 6 rings (SSSR count). The van der Waals surface area contributed by atoms with Crippen LogP contribution in [0, 0.1) is 5.92 Å². The van der Waals surface area contributed by atoms with E-state index in [1.807, 2.05) is 24.3 Å². The Balaban J connectivity index is 1.30. The van der Waals surface area contributed by atoms with Crippen molar-refractivity contribution in [2.75, 3.05) is 39.5 Å². The first kappa shape index (κ1) is 22.7. The number of phenolic OH excluding ortho intramolecular Hbond substituents is 2. The Morgan fingerprint density at radius 2 is 1.64 bits per heavy atom. The van der Waals surface area contributed by atoms with Gasteiger partial charge in [-0.2, -0.15) is 0 Å². The van der Waals surface area contributed by atoms with Crippen molar-refractivity contribution < 1.29 is 28.8 Å². The number of likely N-dealkylation sites (tertiary alicyclic amines) is 1. The van der Waals surface area contributed by atoms with Crippen LogP contribution >= 0.6 is 0 Å². The summed E-state index contributed by atoms with van der Waals surface area (Å²) < 4.78 is 31.1. The molecular weight excluding hydrogens is 461 g/mol. The molecule has 3 aliphatic rings. The molecule has 2 N–H and O–H groups in total. The molecule has 186 valence electrons. The first-order valence-electron chi connectivity index (χ1n) is 12.3. The maximum Gasteiger partial charge on any atom is 0.150 e. The molecule has 0 amide bonds. The minimum Gasteiger partial charge on any atom is -0.508 e. The summed E-state index contributed by atoms with van der Waals surface area (Å²) in [6, 6.07) is 18.1. The van der Waals surface area contributed by atoms with Crippen molar-refractivity contribution in [3.05, 3.63) is 77.4 Å². The minimum absolute atomic E-state index is 0.148. The van der Waals surface area contributed by atoms with Gasteiger partial charge < -0.3 is 24.4 Å². The molecule has 3 aromatic rings. The standard InChI is InChI=1S/C29H28FNO5/c30-15-18-16-31(17-18)10-12-34-22-5-1-19(2-6-22)29-28-23(24-13-20(32)4-8-27(24)36-29)9-11-35-26-7-3-21(33)14-25(26)28/h1-8,13-14,18,29,32-33H,9-12,15-17H2. The predicted octanol–water partition coefficient (Wildman–Crippen LogP) is 5.20. The number of halogens is 1. The molecule has 1 saturated heterocycles. The molecule has 3 aliphatic heterocycles. The second kappa shape index (κ2) is 9.39. The quantitative estimate of drug-likeness (QED) is 0.496. The first-order chi connectivity index (χ1) is 17.6. The van der Waals surface area contributed by atoms with E-state index >= 15 is 0 Å². The maximum absolute atomic E-state index is 12.6. The van der Waals surface area contributed by atoms with Gasteiger partial charge in [0, 0.05) is 48.7 Å². The molecule has 1 fully saturated rings. The lowest BCUT2D eigenvalue weighted by Crippen LogP contribution is -2.49. The summed E-state index contributed by atoms with van der Waals surface area (Å²) in [7, 11) is 0. The minimum atomic E-state index is -0.424. The van der Waals surface area contributed by atoms with Crippen LogP contribution in [0.15, 0.2) is 60.7 Å². The topological polar surface area (TPSA) is 71.4 Å². The van der Waals surface area contributed by atoms with Crippen molar-refractivity contribution in [2.45, 2.75) is 12.5 Å². The van der Waals surface area contributed by atoms with Crippen LogP contribution in [-0.4, -0.2) is 54.6 Å². The SMILES string of the molecule is Oc1ccc2c(c1)C1=C(c3cc(O)ccc3OCC1)C(c1ccc(OCCN3CC(CF)C3)cc1)O2. The highest BCUT2D eigenvalue weighted by molar-refractivity contribution is 5.98. The Bertz CT molecular complexity index is 1300. The number of alkyl halides is 1. The van der Waals surface area contributed by atoms with E-state index in [1.165, 1.54) is 0 Å². The number of benzene rings is 3. The highest BCUT2D eigenvalue weighted by Gasteiger charge is 2.34. The van der Waals surface area contributed by atoms with E-state index in [2.05, 4.69) is 4.90 Å². The third-order valence-electron chi connectivity index (χ3n) is 7.09. The zero-order valence-electron chi connectivity index (χ0n) is 19.8. The van der Waals surface area contributed by atoms with Gasteiger partial charge in [0.25, 0.3) is 0 Å². The van der Waals surface area contributed by atoms with Crippen molar-refractivity contribution in [1.82, 2.24) is 4.90 Å². The van der Waals surface area contributed by atoms with Crippen molar-refractivity contribution in [3.63, 3.8) is 0 Å². The number of aromatic hydroxyl groups is 2. The van der Waals surface area contributed by atoms with Crippen LogP contribution in [0.4, 0.5) is 4.39 Å². The lowest BCUT2D eigenvalue weighted by atomic mass is 9.84. The van der Waals surface area contributed by atoms with Crippen LogP contribution < -0.4 is 14.2 Å². The number of phenols is 2. The van der Waals surface area contributed by atoms with Gasteiger partial charge in [-0.05, 0) is 59.7 Å². The van der Waals surface area contributed by atoms with Crippen molar-refractivity contribution in [3.8, 4) is 28.7 Å². The average Bonchev–Trinajstić information content (AvgIpc) is 3.05. The molecule has 0 saturated carbocycles. The molecule has 0 bridgehead atoms. The zero-order chi connectivity index (χ0) is 24.6. The molecule has 3 heterocycles. The molecule has 0 spiro atoms. The molecule has 7 heteroatoms. The second-order valence-corrected chi connectivity index (χ2v) is 9.55. The van der Waals surface area contributed by atoms with Crippen LogP contribution in [0.3, 0.4) is 0 Å². The summed E-state index contributed by atoms with van der Waals surface area (Å²) in [5.74, 6) is 2.64. The van der Waals surface area contributed by atoms with Crippen molar-refractivity contribution >= 4 is 11.1 Å². The van der Waals surface area contributed by atoms with E-state index in [9.17, 15) is 14.6 Å². The third kappa shape index (κ3) is 4.24. The predicted molar refractivity (Wildman–Crippen MR) is 134 cm³/mol. The molecule has 0 radical (unpaired) electrons. The van der Waals surface area contributed by atoms with Crippen LogP contribution in [0.25, 0.3) is 11.1 Å². The molecule has 1 unspecified atom stereocenters. The molecule has 36 heavy (non-hydrogen) atoms. The van der Waals surface area contributed by atoms with Crippen LogP contribution in [-0.2, 0) is 0 Å². The molecule has 6 nitrogen and oxygen atoms in total. The number of hydrogen-bond donors (Lipinski definition) is 2. The number of fused-ring (bicyclic) bond motifs is 4. The van der Waals surface area contributed by atoms with Gasteiger partial charge >= 0.3 is 0 Å². The number of nitrogens with zero attached hydrogens (tertiary/aromatic N) is 1. The lowest BCUT2D eigenvalue weighted by Gasteiger charge is -2.37. The second-order valence-electron chi connectivity index (χ2n) is 9.55. The molecule has 1 atom stereocenters. The van der Waals surface area contributed by atoms with Gasteiger partial charge in [0.2, 0.25) is 0 Å². The van der Waals surface area contributed by atoms with Crippen LogP contribution in [0.5, 0.6) is 28.7 Å². The Kier molecular flexibility index (Phi) is 5.93. The molecule has 0 aliphatic carbocycles. The fourth-order valence-corrected chi connectivity index (χ4v) is 5.26. The molecule has 3 aromatic carbocycles. The third-order valence-corrected chi connectivity index (χ3v) is 7.09. The van der Waals surface area contributed by atoms with Gasteiger partial charge in [-0.15, -0.1) is 0 Å². The van der Waals surface area contributed by atoms with E-state index < -0.39 is 6.10 Å². The van der Waals surface area contributed by atoms with Gasteiger partial charge in [-0.3, -0.25) is 9.29 Å². The summed E-state index contributed by atoms with van der Waals surface area (Å²) in [4.78, 5) is 2.19. The Hall–Kier alpha value is -3.71. The van der Waals surface area contributed by atoms with Gasteiger partial charge in [-0.1, -0.05) is 12.1 Å². The van der Waals surface area contributed by atoms with E-state index in [0.717, 1.165) is 53.2 Å². The fraction of sp³-hybridized carbons (Fsp3) is 0.310. The van der Waals surface area contributed by atoms with E-state index in [0.29, 0.717) is 31.1 Å². The number of hydrogen-bond acceptors (Lipinski definition) is 6. The van der Waals surface area contributed by atoms with E-state index in [-0.39, 0.29) is 24.1 Å².